The van der Waals surface area contributed by atoms with Crippen LogP contribution in [0.3, 0.4) is 0 Å². The third-order valence-corrected chi connectivity index (χ3v) is 4.62. The number of nitrogens with zero attached hydrogens (tertiary/aromatic N) is 1. The van der Waals surface area contributed by atoms with Crippen molar-refractivity contribution in [3.8, 4) is 6.07 Å². The molecule has 2 rings (SSSR count). The van der Waals surface area contributed by atoms with Gasteiger partial charge in [0.1, 0.15) is 11.0 Å². The van der Waals surface area contributed by atoms with Crippen LogP contribution in [-0.4, -0.2) is 8.42 Å². The molecule has 0 spiro atoms. The Balaban J connectivity index is 2.51. The third kappa shape index (κ3) is 3.06. The van der Waals surface area contributed by atoms with Crippen molar-refractivity contribution < 1.29 is 8.42 Å². The first-order chi connectivity index (χ1) is 9.85. The highest BCUT2D eigenvalue weighted by molar-refractivity contribution is 7.92. The van der Waals surface area contributed by atoms with Gasteiger partial charge in [-0.1, -0.05) is 29.8 Å². The van der Waals surface area contributed by atoms with E-state index in [9.17, 15) is 8.42 Å². The molecule has 108 valence electrons. The quantitative estimate of drug-likeness (QED) is 0.945. The van der Waals surface area contributed by atoms with Crippen molar-refractivity contribution in [2.45, 2.75) is 25.7 Å². The molecule has 0 aliphatic rings. The van der Waals surface area contributed by atoms with Crippen molar-refractivity contribution in [3.05, 3.63) is 58.7 Å². The highest BCUT2D eigenvalue weighted by Crippen LogP contribution is 2.26. The molecule has 0 aliphatic carbocycles. The molecule has 21 heavy (non-hydrogen) atoms. The first kappa shape index (κ1) is 15.1. The van der Waals surface area contributed by atoms with Gasteiger partial charge in [-0.15, -0.1) is 0 Å². The monoisotopic (exact) mass is 300 g/mol. The first-order valence-corrected chi connectivity index (χ1v) is 7.93. The zero-order chi connectivity index (χ0) is 15.6. The zero-order valence-corrected chi connectivity index (χ0v) is 13.0. The molecule has 0 bridgehead atoms. The van der Waals surface area contributed by atoms with E-state index in [4.69, 9.17) is 5.26 Å². The third-order valence-electron chi connectivity index (χ3n) is 3.21. The van der Waals surface area contributed by atoms with Crippen LogP contribution in [0.25, 0.3) is 0 Å². The van der Waals surface area contributed by atoms with E-state index in [0.717, 1.165) is 16.7 Å². The zero-order valence-electron chi connectivity index (χ0n) is 12.1. The van der Waals surface area contributed by atoms with Gasteiger partial charge in [0.15, 0.2) is 0 Å². The largest absolute Gasteiger partial charge is 0.279 e. The van der Waals surface area contributed by atoms with Crippen molar-refractivity contribution in [1.29, 1.82) is 5.26 Å². The average molecular weight is 300 g/mol. The molecule has 0 heterocycles. The van der Waals surface area contributed by atoms with Crippen molar-refractivity contribution in [3.63, 3.8) is 0 Å². The summed E-state index contributed by atoms with van der Waals surface area (Å²) in [6, 6.07) is 11.9. The number of benzene rings is 2. The summed E-state index contributed by atoms with van der Waals surface area (Å²) in [6.07, 6.45) is 0. The Morgan fingerprint density at radius 2 is 1.62 bits per heavy atom. The van der Waals surface area contributed by atoms with Crippen LogP contribution in [0.15, 0.2) is 41.3 Å². The molecule has 5 heteroatoms. The fourth-order valence-corrected chi connectivity index (χ4v) is 3.69. The molecule has 0 saturated heterocycles. The summed E-state index contributed by atoms with van der Waals surface area (Å²) < 4.78 is 27.6. The van der Waals surface area contributed by atoms with Crippen LogP contribution in [-0.2, 0) is 10.0 Å². The predicted octanol–water partition coefficient (Wildman–Crippen LogP) is 3.28. The van der Waals surface area contributed by atoms with Crippen LogP contribution >= 0.6 is 0 Å². The Hall–Kier alpha value is -2.32. The van der Waals surface area contributed by atoms with Gasteiger partial charge in [-0.2, -0.15) is 5.26 Å². The van der Waals surface area contributed by atoms with Crippen LogP contribution in [0, 0.1) is 32.1 Å². The Morgan fingerprint density at radius 3 is 2.19 bits per heavy atom. The van der Waals surface area contributed by atoms with E-state index >= 15 is 0 Å². The second kappa shape index (κ2) is 5.58. The van der Waals surface area contributed by atoms with Gasteiger partial charge >= 0.3 is 0 Å². The van der Waals surface area contributed by atoms with Gasteiger partial charge in [0.2, 0.25) is 0 Å². The van der Waals surface area contributed by atoms with Gasteiger partial charge in [0.05, 0.1) is 11.3 Å². The Labute approximate surface area is 125 Å². The Morgan fingerprint density at radius 1 is 1.05 bits per heavy atom. The number of anilines is 1. The summed E-state index contributed by atoms with van der Waals surface area (Å²) in [7, 11) is -3.79. The molecule has 0 aromatic heterocycles. The highest BCUT2D eigenvalue weighted by Gasteiger charge is 2.20. The van der Waals surface area contributed by atoms with Gasteiger partial charge in [-0.25, -0.2) is 8.42 Å². The molecule has 2 aromatic rings. The minimum Gasteiger partial charge on any atom is -0.279 e. The summed E-state index contributed by atoms with van der Waals surface area (Å²) in [5.41, 5.74) is 3.47. The van der Waals surface area contributed by atoms with Gasteiger partial charge in [0, 0.05) is 0 Å². The molecule has 0 fully saturated rings. The summed E-state index contributed by atoms with van der Waals surface area (Å²) in [4.78, 5) is -0.00752. The van der Waals surface area contributed by atoms with Crippen molar-refractivity contribution in [1.82, 2.24) is 0 Å². The minimum absolute atomic E-state index is 0.00752. The van der Waals surface area contributed by atoms with Crippen molar-refractivity contribution >= 4 is 15.7 Å². The number of hydrogen-bond donors (Lipinski definition) is 1. The first-order valence-electron chi connectivity index (χ1n) is 6.45. The second-order valence-electron chi connectivity index (χ2n) is 4.99. The maximum atomic E-state index is 12.5. The average Bonchev–Trinajstić information content (AvgIpc) is 2.43. The molecule has 0 atom stereocenters. The lowest BCUT2D eigenvalue weighted by molar-refractivity contribution is 0.601. The molecule has 0 aliphatic heterocycles. The van der Waals surface area contributed by atoms with Crippen LogP contribution in [0.1, 0.15) is 22.3 Å². The molecule has 0 unspecified atom stereocenters. The summed E-state index contributed by atoms with van der Waals surface area (Å²) in [5.74, 6) is 0. The summed E-state index contributed by atoms with van der Waals surface area (Å²) in [6.45, 7) is 5.67. The van der Waals surface area contributed by atoms with E-state index in [-0.39, 0.29) is 10.5 Å². The number of nitrogens with one attached hydrogen (secondary N) is 1. The lowest BCUT2D eigenvalue weighted by atomic mass is 10.1. The molecular formula is C16H16N2O2S. The van der Waals surface area contributed by atoms with E-state index in [1.807, 2.05) is 39.0 Å². The molecule has 0 amide bonds. The summed E-state index contributed by atoms with van der Waals surface area (Å²) in [5, 5.41) is 9.05. The molecule has 2 aromatic carbocycles. The van der Waals surface area contributed by atoms with E-state index in [2.05, 4.69) is 4.72 Å². The normalized spacial score (nSPS) is 11.0. The van der Waals surface area contributed by atoms with E-state index < -0.39 is 10.0 Å². The van der Waals surface area contributed by atoms with Crippen LogP contribution in [0.2, 0.25) is 0 Å². The number of aryl methyl sites for hydroxylation is 3. The van der Waals surface area contributed by atoms with Crippen LogP contribution < -0.4 is 4.72 Å². The van der Waals surface area contributed by atoms with Crippen molar-refractivity contribution in [2.75, 3.05) is 4.72 Å². The van der Waals surface area contributed by atoms with Gasteiger partial charge in [0.25, 0.3) is 10.0 Å². The van der Waals surface area contributed by atoms with Crippen LogP contribution in [0.4, 0.5) is 5.69 Å². The second-order valence-corrected chi connectivity index (χ2v) is 6.64. The lowest BCUT2D eigenvalue weighted by Gasteiger charge is -2.14. The van der Waals surface area contributed by atoms with E-state index in [1.165, 1.54) is 12.1 Å². The van der Waals surface area contributed by atoms with Gasteiger partial charge in [-0.3, -0.25) is 4.72 Å². The smallest absolute Gasteiger partial charge is 0.263 e. The Bertz CT molecular complexity index is 811. The lowest BCUT2D eigenvalue weighted by Crippen LogP contribution is -2.16. The van der Waals surface area contributed by atoms with Gasteiger partial charge < -0.3 is 0 Å². The topological polar surface area (TPSA) is 70.0 Å². The van der Waals surface area contributed by atoms with Crippen molar-refractivity contribution in [2.24, 2.45) is 0 Å². The molecule has 1 N–H and O–H groups in total. The fraction of sp³-hybridized carbons (Fsp3) is 0.188. The maximum Gasteiger partial charge on any atom is 0.263 e. The Kier molecular flexibility index (Phi) is 4.01. The van der Waals surface area contributed by atoms with Gasteiger partial charge in [-0.05, 0) is 44.0 Å². The van der Waals surface area contributed by atoms with E-state index in [0.29, 0.717) is 5.69 Å². The number of sulfonamides is 1. The number of nitriles is 1. The number of hydrogen-bond acceptors (Lipinski definition) is 3. The molecule has 0 saturated carbocycles. The SMILES string of the molecule is Cc1cc(C)c(NS(=O)(=O)c2ccccc2C#N)c(C)c1. The standard InChI is InChI=1S/C16H16N2O2S/c1-11-8-12(2)16(13(3)9-11)18-21(19,20)15-7-5-4-6-14(15)10-17/h4-9,18H,1-3H3. The maximum absolute atomic E-state index is 12.5. The molecular weight excluding hydrogens is 284 g/mol. The fourth-order valence-electron chi connectivity index (χ4n) is 2.32. The van der Waals surface area contributed by atoms with E-state index in [1.54, 1.807) is 12.1 Å². The summed E-state index contributed by atoms with van der Waals surface area (Å²) >= 11 is 0. The highest BCUT2D eigenvalue weighted by atomic mass is 32.2. The van der Waals surface area contributed by atoms with Crippen LogP contribution in [0.5, 0.6) is 0 Å². The minimum atomic E-state index is -3.79. The predicted molar refractivity (Wildman–Crippen MR) is 82.6 cm³/mol. The number of rotatable bonds is 3. The molecule has 4 nitrogen and oxygen atoms in total. The molecule has 0 radical (unpaired) electrons.